The number of halogens is 2. The van der Waals surface area contributed by atoms with E-state index in [1.807, 2.05) is 11.4 Å². The zero-order chi connectivity index (χ0) is 17.6. The molecule has 1 aliphatic rings. The Hall–Kier alpha value is -2.03. The summed E-state index contributed by atoms with van der Waals surface area (Å²) in [6.07, 6.45) is 0. The van der Waals surface area contributed by atoms with Crippen LogP contribution < -0.4 is 11.1 Å². The Labute approximate surface area is 149 Å². The third kappa shape index (κ3) is 4.75. The van der Waals surface area contributed by atoms with Crippen molar-refractivity contribution >= 4 is 23.0 Å². The van der Waals surface area contributed by atoms with Gasteiger partial charge >= 0.3 is 0 Å². The number of hydrogen-bond acceptors (Lipinski definition) is 4. The van der Waals surface area contributed by atoms with E-state index in [4.69, 9.17) is 10.5 Å². The van der Waals surface area contributed by atoms with Gasteiger partial charge in [-0.1, -0.05) is 6.07 Å². The standard InChI is InChI=1S/C17H20F2N4OS/c18-12-3-4-13(19)14(10-12)22-17(20)21-11-15(16-2-1-9-25-16)23-5-7-24-8-6-23/h1-4,9-10,15H,5-8,11H2,(H3,20,21,22). The van der Waals surface area contributed by atoms with Crippen molar-refractivity contribution in [3.8, 4) is 0 Å². The summed E-state index contributed by atoms with van der Waals surface area (Å²) in [4.78, 5) is 7.83. The summed E-state index contributed by atoms with van der Waals surface area (Å²) in [5, 5.41) is 4.65. The predicted octanol–water partition coefficient (Wildman–Crippen LogP) is 2.83. The molecule has 1 aromatic heterocycles. The molecular formula is C17H20F2N4OS. The van der Waals surface area contributed by atoms with Crippen molar-refractivity contribution in [2.45, 2.75) is 6.04 Å². The second kappa shape index (κ2) is 8.37. The molecule has 0 spiro atoms. The van der Waals surface area contributed by atoms with Crippen LogP contribution in [0, 0.1) is 11.6 Å². The van der Waals surface area contributed by atoms with Gasteiger partial charge in [-0.2, -0.15) is 0 Å². The molecule has 2 aromatic rings. The Balaban J connectivity index is 1.70. The van der Waals surface area contributed by atoms with E-state index in [0.29, 0.717) is 19.8 Å². The van der Waals surface area contributed by atoms with Gasteiger partial charge in [-0.05, 0) is 23.6 Å². The minimum atomic E-state index is -0.581. The SMILES string of the molecule is NC(=NCC(c1cccs1)N1CCOCC1)Nc1cc(F)ccc1F. The highest BCUT2D eigenvalue weighted by molar-refractivity contribution is 7.10. The van der Waals surface area contributed by atoms with Gasteiger partial charge in [0.05, 0.1) is 31.5 Å². The molecule has 1 unspecified atom stereocenters. The Morgan fingerprint density at radius 3 is 2.84 bits per heavy atom. The Bertz CT molecular complexity index is 717. The van der Waals surface area contributed by atoms with E-state index in [1.54, 1.807) is 11.3 Å². The van der Waals surface area contributed by atoms with Gasteiger partial charge < -0.3 is 15.8 Å². The number of anilines is 1. The van der Waals surface area contributed by atoms with Crippen molar-refractivity contribution in [3.63, 3.8) is 0 Å². The first-order valence-electron chi connectivity index (χ1n) is 8.00. The van der Waals surface area contributed by atoms with Crippen LogP contribution >= 0.6 is 11.3 Å². The molecule has 1 atom stereocenters. The van der Waals surface area contributed by atoms with Gasteiger partial charge in [-0.25, -0.2) is 8.78 Å². The molecule has 25 heavy (non-hydrogen) atoms. The Kier molecular flexibility index (Phi) is 5.95. The maximum absolute atomic E-state index is 13.7. The monoisotopic (exact) mass is 366 g/mol. The van der Waals surface area contributed by atoms with Crippen molar-refractivity contribution in [2.75, 3.05) is 38.2 Å². The third-order valence-corrected chi connectivity index (χ3v) is 4.96. The first kappa shape index (κ1) is 17.8. The number of aliphatic imine (C=N–C) groups is 1. The molecule has 5 nitrogen and oxygen atoms in total. The van der Waals surface area contributed by atoms with E-state index in [0.717, 1.165) is 31.3 Å². The summed E-state index contributed by atoms with van der Waals surface area (Å²) in [6.45, 7) is 3.45. The number of nitrogens with two attached hydrogens (primary N) is 1. The molecule has 0 radical (unpaired) electrons. The number of guanidine groups is 1. The number of nitrogens with zero attached hydrogens (tertiary/aromatic N) is 2. The van der Waals surface area contributed by atoms with Crippen molar-refractivity contribution in [1.82, 2.24) is 4.90 Å². The van der Waals surface area contributed by atoms with Crippen LogP contribution in [0.15, 0.2) is 40.7 Å². The number of morpholine rings is 1. The number of rotatable bonds is 5. The number of thiophene rings is 1. The zero-order valence-electron chi connectivity index (χ0n) is 13.6. The van der Waals surface area contributed by atoms with Crippen LogP contribution in [0.4, 0.5) is 14.5 Å². The van der Waals surface area contributed by atoms with Crippen LogP contribution in [0.3, 0.4) is 0 Å². The van der Waals surface area contributed by atoms with E-state index in [2.05, 4.69) is 21.3 Å². The van der Waals surface area contributed by atoms with Gasteiger partial charge in [0.1, 0.15) is 11.6 Å². The number of nitrogens with one attached hydrogen (secondary N) is 1. The minimum Gasteiger partial charge on any atom is -0.379 e. The van der Waals surface area contributed by atoms with Crippen LogP contribution in [0.25, 0.3) is 0 Å². The third-order valence-electron chi connectivity index (χ3n) is 3.98. The highest BCUT2D eigenvalue weighted by atomic mass is 32.1. The lowest BCUT2D eigenvalue weighted by Gasteiger charge is -2.33. The molecule has 0 bridgehead atoms. The maximum Gasteiger partial charge on any atom is 0.193 e. The quantitative estimate of drug-likeness (QED) is 0.631. The first-order valence-corrected chi connectivity index (χ1v) is 8.88. The van der Waals surface area contributed by atoms with Gasteiger partial charge in [0.2, 0.25) is 0 Å². The van der Waals surface area contributed by atoms with Crippen molar-refractivity contribution in [3.05, 3.63) is 52.2 Å². The second-order valence-corrected chi connectivity index (χ2v) is 6.63. The summed E-state index contributed by atoms with van der Waals surface area (Å²) in [5.41, 5.74) is 5.84. The summed E-state index contributed by atoms with van der Waals surface area (Å²) in [6, 6.07) is 7.31. The van der Waals surface area contributed by atoms with Gasteiger partial charge in [0, 0.05) is 24.0 Å². The molecule has 3 rings (SSSR count). The number of benzene rings is 1. The Morgan fingerprint density at radius 1 is 1.32 bits per heavy atom. The van der Waals surface area contributed by atoms with Crippen LogP contribution in [0.2, 0.25) is 0 Å². The van der Waals surface area contributed by atoms with E-state index >= 15 is 0 Å². The van der Waals surface area contributed by atoms with Gasteiger partial charge in [-0.15, -0.1) is 11.3 Å². The van der Waals surface area contributed by atoms with E-state index in [9.17, 15) is 8.78 Å². The number of ether oxygens (including phenoxy) is 1. The van der Waals surface area contributed by atoms with Crippen LogP contribution in [-0.4, -0.2) is 43.7 Å². The molecule has 0 aliphatic carbocycles. The van der Waals surface area contributed by atoms with Crippen LogP contribution in [0.5, 0.6) is 0 Å². The van der Waals surface area contributed by atoms with Gasteiger partial charge in [-0.3, -0.25) is 9.89 Å². The molecular weight excluding hydrogens is 346 g/mol. The summed E-state index contributed by atoms with van der Waals surface area (Å²) in [5.74, 6) is -1.07. The maximum atomic E-state index is 13.7. The fraction of sp³-hybridized carbons (Fsp3) is 0.353. The summed E-state index contributed by atoms with van der Waals surface area (Å²) >= 11 is 1.66. The first-order chi connectivity index (χ1) is 12.1. The average Bonchev–Trinajstić information content (AvgIpc) is 3.14. The number of hydrogen-bond donors (Lipinski definition) is 2. The zero-order valence-corrected chi connectivity index (χ0v) is 14.4. The highest BCUT2D eigenvalue weighted by Crippen LogP contribution is 2.26. The predicted molar refractivity (Wildman–Crippen MR) is 95.9 cm³/mol. The molecule has 0 saturated carbocycles. The van der Waals surface area contributed by atoms with Gasteiger partial charge in [0.15, 0.2) is 5.96 Å². The fourth-order valence-corrected chi connectivity index (χ4v) is 3.56. The average molecular weight is 366 g/mol. The summed E-state index contributed by atoms with van der Waals surface area (Å²) < 4.78 is 32.3. The van der Waals surface area contributed by atoms with Crippen molar-refractivity contribution in [1.29, 1.82) is 0 Å². The van der Waals surface area contributed by atoms with Crippen molar-refractivity contribution in [2.24, 2.45) is 10.7 Å². The molecule has 1 saturated heterocycles. The summed E-state index contributed by atoms with van der Waals surface area (Å²) in [7, 11) is 0. The molecule has 134 valence electrons. The molecule has 1 fully saturated rings. The van der Waals surface area contributed by atoms with Crippen LogP contribution in [0.1, 0.15) is 10.9 Å². The second-order valence-electron chi connectivity index (χ2n) is 5.65. The molecule has 2 heterocycles. The fourth-order valence-electron chi connectivity index (χ4n) is 2.71. The highest BCUT2D eigenvalue weighted by Gasteiger charge is 2.23. The largest absolute Gasteiger partial charge is 0.379 e. The molecule has 0 amide bonds. The molecule has 1 aromatic carbocycles. The minimum absolute atomic E-state index is 0.0275. The lowest BCUT2D eigenvalue weighted by molar-refractivity contribution is 0.0187. The molecule has 1 aliphatic heterocycles. The normalized spacial score (nSPS) is 17.4. The van der Waals surface area contributed by atoms with Crippen molar-refractivity contribution < 1.29 is 13.5 Å². The lowest BCUT2D eigenvalue weighted by Crippen LogP contribution is -2.40. The smallest absolute Gasteiger partial charge is 0.193 e. The van der Waals surface area contributed by atoms with Crippen LogP contribution in [-0.2, 0) is 4.74 Å². The Morgan fingerprint density at radius 2 is 2.12 bits per heavy atom. The lowest BCUT2D eigenvalue weighted by atomic mass is 10.2. The van der Waals surface area contributed by atoms with Gasteiger partial charge in [0.25, 0.3) is 0 Å². The van der Waals surface area contributed by atoms with E-state index < -0.39 is 11.6 Å². The molecule has 8 heteroatoms. The molecule has 3 N–H and O–H groups in total. The van der Waals surface area contributed by atoms with E-state index in [1.165, 1.54) is 4.88 Å². The van der Waals surface area contributed by atoms with E-state index in [-0.39, 0.29) is 17.7 Å². The topological polar surface area (TPSA) is 62.9 Å².